The summed E-state index contributed by atoms with van der Waals surface area (Å²) in [5, 5.41) is 5.13. The Morgan fingerprint density at radius 2 is 2.27 bits per heavy atom. The van der Waals surface area contributed by atoms with Gasteiger partial charge in [-0.25, -0.2) is 5.01 Å². The number of hydrogen-bond donors (Lipinski definition) is 0. The van der Waals surface area contributed by atoms with Crippen molar-refractivity contribution in [1.82, 2.24) is 9.91 Å². The first-order chi connectivity index (χ1) is 5.11. The second kappa shape index (κ2) is 2.74. The molecule has 0 spiro atoms. The zero-order valence-corrected chi connectivity index (χ0v) is 6.90. The molecular formula is C7H11N3O. The van der Waals surface area contributed by atoms with E-state index >= 15 is 0 Å². The zero-order chi connectivity index (χ0) is 8.43. The van der Waals surface area contributed by atoms with E-state index in [0.717, 1.165) is 0 Å². The van der Waals surface area contributed by atoms with Crippen molar-refractivity contribution in [1.29, 1.82) is 0 Å². The van der Waals surface area contributed by atoms with Crippen LogP contribution in [0.3, 0.4) is 0 Å². The van der Waals surface area contributed by atoms with Gasteiger partial charge in [-0.15, -0.1) is 0 Å². The highest BCUT2D eigenvalue weighted by Gasteiger charge is 2.18. The van der Waals surface area contributed by atoms with E-state index in [9.17, 15) is 4.79 Å². The fourth-order valence-electron chi connectivity index (χ4n) is 0.810. The molecule has 0 bridgehead atoms. The molecule has 60 valence electrons. The van der Waals surface area contributed by atoms with E-state index in [1.807, 2.05) is 19.0 Å². The quantitative estimate of drug-likeness (QED) is 0.493. The summed E-state index contributed by atoms with van der Waals surface area (Å²) in [4.78, 5) is 13.0. The van der Waals surface area contributed by atoms with Crippen molar-refractivity contribution in [2.75, 3.05) is 21.1 Å². The van der Waals surface area contributed by atoms with Crippen molar-refractivity contribution < 1.29 is 4.79 Å². The van der Waals surface area contributed by atoms with Crippen molar-refractivity contribution in [2.24, 2.45) is 5.10 Å². The van der Waals surface area contributed by atoms with Crippen LogP contribution in [0.15, 0.2) is 16.9 Å². The summed E-state index contributed by atoms with van der Waals surface area (Å²) >= 11 is 0. The molecule has 4 nitrogen and oxygen atoms in total. The van der Waals surface area contributed by atoms with Gasteiger partial charge in [-0.3, -0.25) is 4.79 Å². The van der Waals surface area contributed by atoms with Crippen LogP contribution in [-0.4, -0.2) is 43.2 Å². The normalized spacial score (nSPS) is 20.1. The lowest BCUT2D eigenvalue weighted by Crippen LogP contribution is -2.17. The SMILES string of the molecule is CN(C)/C=C1/C=NN(C)C1=O. The van der Waals surface area contributed by atoms with E-state index in [0.29, 0.717) is 5.57 Å². The van der Waals surface area contributed by atoms with Crippen LogP contribution in [0.2, 0.25) is 0 Å². The van der Waals surface area contributed by atoms with Crippen molar-refractivity contribution in [3.05, 3.63) is 11.8 Å². The number of amides is 1. The molecule has 0 aromatic heterocycles. The minimum Gasteiger partial charge on any atom is -0.383 e. The first-order valence-corrected chi connectivity index (χ1v) is 3.31. The first-order valence-electron chi connectivity index (χ1n) is 3.31. The molecule has 0 atom stereocenters. The number of hydrazone groups is 1. The van der Waals surface area contributed by atoms with Crippen LogP contribution in [-0.2, 0) is 4.79 Å². The molecule has 0 aromatic carbocycles. The van der Waals surface area contributed by atoms with E-state index in [1.54, 1.807) is 19.5 Å². The predicted octanol–water partition coefficient (Wildman–Crippen LogP) is -0.110. The summed E-state index contributed by atoms with van der Waals surface area (Å²) in [7, 11) is 5.37. The van der Waals surface area contributed by atoms with Gasteiger partial charge in [0.15, 0.2) is 0 Å². The van der Waals surface area contributed by atoms with Gasteiger partial charge in [0, 0.05) is 27.3 Å². The van der Waals surface area contributed by atoms with Crippen molar-refractivity contribution in [2.45, 2.75) is 0 Å². The van der Waals surface area contributed by atoms with Crippen LogP contribution in [0, 0.1) is 0 Å². The van der Waals surface area contributed by atoms with Crippen LogP contribution in [0.4, 0.5) is 0 Å². The van der Waals surface area contributed by atoms with Crippen molar-refractivity contribution in [3.63, 3.8) is 0 Å². The fourth-order valence-corrected chi connectivity index (χ4v) is 0.810. The van der Waals surface area contributed by atoms with Gasteiger partial charge in [0.1, 0.15) is 0 Å². The largest absolute Gasteiger partial charge is 0.383 e. The van der Waals surface area contributed by atoms with Crippen molar-refractivity contribution >= 4 is 12.1 Å². The second-order valence-electron chi connectivity index (χ2n) is 2.62. The topological polar surface area (TPSA) is 35.9 Å². The summed E-state index contributed by atoms with van der Waals surface area (Å²) in [5.41, 5.74) is 0.623. The maximum Gasteiger partial charge on any atom is 0.276 e. The minimum atomic E-state index is -0.0568. The van der Waals surface area contributed by atoms with Gasteiger partial charge in [-0.05, 0) is 0 Å². The molecule has 4 heteroatoms. The molecule has 1 heterocycles. The molecule has 11 heavy (non-hydrogen) atoms. The Morgan fingerprint density at radius 1 is 1.64 bits per heavy atom. The predicted molar refractivity (Wildman–Crippen MR) is 43.0 cm³/mol. The van der Waals surface area contributed by atoms with Gasteiger partial charge >= 0.3 is 0 Å². The first kappa shape index (κ1) is 7.78. The molecule has 0 unspecified atom stereocenters. The van der Waals surface area contributed by atoms with E-state index in [2.05, 4.69) is 5.10 Å². The van der Waals surface area contributed by atoms with Crippen LogP contribution >= 0.6 is 0 Å². The van der Waals surface area contributed by atoms with Crippen LogP contribution in [0.25, 0.3) is 0 Å². The zero-order valence-electron chi connectivity index (χ0n) is 6.90. The molecule has 0 radical (unpaired) electrons. The molecule has 0 N–H and O–H groups in total. The monoisotopic (exact) mass is 153 g/mol. The molecule has 0 aromatic rings. The number of rotatable bonds is 1. The lowest BCUT2D eigenvalue weighted by Gasteiger charge is -2.05. The van der Waals surface area contributed by atoms with Gasteiger partial charge in [-0.1, -0.05) is 0 Å². The molecule has 1 aliphatic heterocycles. The third-order valence-electron chi connectivity index (χ3n) is 1.31. The number of hydrogen-bond acceptors (Lipinski definition) is 3. The maximum absolute atomic E-state index is 11.1. The molecule has 1 amide bonds. The summed E-state index contributed by atoms with van der Waals surface area (Å²) in [6, 6.07) is 0. The molecule has 0 fully saturated rings. The highest BCUT2D eigenvalue weighted by molar-refractivity contribution is 6.15. The number of carbonyl (C=O) groups excluding carboxylic acids is 1. The summed E-state index contributed by atoms with van der Waals surface area (Å²) in [6.45, 7) is 0. The third kappa shape index (κ3) is 1.58. The molecule has 0 aliphatic carbocycles. The summed E-state index contributed by atoms with van der Waals surface area (Å²) in [6.07, 6.45) is 3.30. The van der Waals surface area contributed by atoms with Crippen LogP contribution < -0.4 is 0 Å². The van der Waals surface area contributed by atoms with E-state index < -0.39 is 0 Å². The fraction of sp³-hybridized carbons (Fsp3) is 0.429. The Labute approximate surface area is 65.8 Å². The van der Waals surface area contributed by atoms with Crippen LogP contribution in [0.1, 0.15) is 0 Å². The number of carbonyl (C=O) groups is 1. The Kier molecular flexibility index (Phi) is 1.94. The van der Waals surface area contributed by atoms with Gasteiger partial charge < -0.3 is 4.90 Å². The molecule has 1 rings (SSSR count). The van der Waals surface area contributed by atoms with E-state index in [1.165, 1.54) is 5.01 Å². The Morgan fingerprint density at radius 3 is 2.64 bits per heavy atom. The highest BCUT2D eigenvalue weighted by atomic mass is 16.2. The summed E-state index contributed by atoms with van der Waals surface area (Å²) < 4.78 is 0. The Hall–Kier alpha value is -1.32. The number of nitrogens with zero attached hydrogens (tertiary/aromatic N) is 3. The van der Waals surface area contributed by atoms with Gasteiger partial charge in [-0.2, -0.15) is 5.10 Å². The molecule has 0 saturated carbocycles. The lowest BCUT2D eigenvalue weighted by atomic mass is 10.3. The highest BCUT2D eigenvalue weighted by Crippen LogP contribution is 2.05. The maximum atomic E-state index is 11.1. The Balaban J connectivity index is 2.78. The van der Waals surface area contributed by atoms with Crippen molar-refractivity contribution in [3.8, 4) is 0 Å². The van der Waals surface area contributed by atoms with E-state index in [4.69, 9.17) is 0 Å². The summed E-state index contributed by atoms with van der Waals surface area (Å²) in [5.74, 6) is -0.0568. The average molecular weight is 153 g/mol. The number of likely N-dealkylation sites (N-methyl/N-ethyl adjacent to an activating group) is 1. The third-order valence-corrected chi connectivity index (χ3v) is 1.31. The lowest BCUT2D eigenvalue weighted by molar-refractivity contribution is -0.124. The Bertz CT molecular complexity index is 230. The second-order valence-corrected chi connectivity index (χ2v) is 2.62. The van der Waals surface area contributed by atoms with Gasteiger partial charge in [0.05, 0.1) is 11.8 Å². The van der Waals surface area contributed by atoms with Gasteiger partial charge in [0.25, 0.3) is 5.91 Å². The minimum absolute atomic E-state index is 0.0568. The standard InChI is InChI=1S/C7H11N3O/c1-9(2)5-6-4-8-10(3)7(6)11/h4-5H,1-3H3/b6-5-. The van der Waals surface area contributed by atoms with Gasteiger partial charge in [0.2, 0.25) is 0 Å². The average Bonchev–Trinajstić information content (AvgIpc) is 2.18. The molecule has 1 aliphatic rings. The van der Waals surface area contributed by atoms with Crippen LogP contribution in [0.5, 0.6) is 0 Å². The molecule has 0 saturated heterocycles. The van der Waals surface area contributed by atoms with E-state index in [-0.39, 0.29) is 5.91 Å². The smallest absolute Gasteiger partial charge is 0.276 e. The molecular weight excluding hydrogens is 142 g/mol.